The van der Waals surface area contributed by atoms with E-state index in [-0.39, 0.29) is 0 Å². The molecule has 0 fully saturated rings. The summed E-state index contributed by atoms with van der Waals surface area (Å²) in [6, 6.07) is 59.2. The van der Waals surface area contributed by atoms with Gasteiger partial charge in [0.25, 0.3) is 0 Å². The second-order valence-electron chi connectivity index (χ2n) is 12.0. The lowest BCUT2D eigenvalue weighted by atomic mass is 9.66. The topological polar surface area (TPSA) is 12.5 Å². The first-order valence-corrected chi connectivity index (χ1v) is 16.5. The Balaban J connectivity index is 1.31. The molecule has 2 aliphatic rings. The van der Waals surface area contributed by atoms with E-state index in [1.54, 1.807) is 0 Å². The minimum atomic E-state index is -0.518. The van der Waals surface area contributed by atoms with E-state index in [4.69, 9.17) is 4.74 Å². The average Bonchev–Trinajstić information content (AvgIpc) is 3.64. The number of anilines is 3. The van der Waals surface area contributed by atoms with Crippen molar-refractivity contribution in [2.24, 2.45) is 0 Å². The maximum atomic E-state index is 7.22. The average molecular weight is 606 g/mol. The van der Waals surface area contributed by atoms with Crippen molar-refractivity contribution in [3.8, 4) is 22.6 Å². The van der Waals surface area contributed by atoms with Crippen LogP contribution in [0.15, 0.2) is 164 Å². The van der Waals surface area contributed by atoms with Gasteiger partial charge in [0, 0.05) is 54.4 Å². The lowest BCUT2D eigenvalue weighted by Gasteiger charge is -2.40. The maximum Gasteiger partial charge on any atom is 0.141 e. The predicted molar refractivity (Wildman–Crippen MR) is 191 cm³/mol. The Hall–Kier alpha value is -5.64. The zero-order valence-electron chi connectivity index (χ0n) is 24.9. The van der Waals surface area contributed by atoms with E-state index in [1.807, 2.05) is 11.3 Å². The molecule has 0 bridgehead atoms. The van der Waals surface area contributed by atoms with Crippen LogP contribution in [-0.4, -0.2) is 0 Å². The molecule has 216 valence electrons. The van der Waals surface area contributed by atoms with Crippen LogP contribution < -0.4 is 9.64 Å². The van der Waals surface area contributed by atoms with E-state index in [2.05, 4.69) is 169 Å². The third kappa shape index (κ3) is 3.41. The number of ether oxygens (including phenoxy) is 1. The summed E-state index contributed by atoms with van der Waals surface area (Å²) in [5.41, 5.74) is 10.3. The van der Waals surface area contributed by atoms with Crippen LogP contribution in [0.4, 0.5) is 17.1 Å². The Bertz CT molecular complexity index is 2380. The van der Waals surface area contributed by atoms with Gasteiger partial charge in [0.2, 0.25) is 0 Å². The summed E-state index contributed by atoms with van der Waals surface area (Å²) in [5, 5.41) is 2.43. The van der Waals surface area contributed by atoms with Gasteiger partial charge in [0.1, 0.15) is 11.5 Å². The Labute approximate surface area is 271 Å². The first-order chi connectivity index (χ1) is 22.8. The van der Waals surface area contributed by atoms with Crippen LogP contribution in [0, 0.1) is 0 Å². The summed E-state index contributed by atoms with van der Waals surface area (Å²) >= 11 is 1.83. The summed E-state index contributed by atoms with van der Waals surface area (Å²) in [4.78, 5) is 2.31. The molecule has 1 spiro atoms. The number of hydrogen-bond donors (Lipinski definition) is 0. The molecule has 46 heavy (non-hydrogen) atoms. The highest BCUT2D eigenvalue weighted by Crippen LogP contribution is 2.64. The fourth-order valence-corrected chi connectivity index (χ4v) is 9.01. The second-order valence-corrected chi connectivity index (χ2v) is 13.1. The predicted octanol–water partition coefficient (Wildman–Crippen LogP) is 12.0. The summed E-state index contributed by atoms with van der Waals surface area (Å²) in [5.74, 6) is 1.84. The van der Waals surface area contributed by atoms with E-state index >= 15 is 0 Å². The van der Waals surface area contributed by atoms with Crippen molar-refractivity contribution in [1.29, 1.82) is 0 Å². The molecule has 3 heteroatoms. The van der Waals surface area contributed by atoms with Crippen molar-refractivity contribution < 1.29 is 4.74 Å². The number of nitrogens with zero attached hydrogens (tertiary/aromatic N) is 1. The molecule has 0 amide bonds. The fraction of sp³-hybridized carbons (Fsp3) is 0.0233. The van der Waals surface area contributed by atoms with Gasteiger partial charge in [0.15, 0.2) is 0 Å². The van der Waals surface area contributed by atoms with Gasteiger partial charge in [-0.15, -0.1) is 11.3 Å². The molecule has 0 N–H and O–H groups in total. The molecule has 0 radical (unpaired) electrons. The van der Waals surface area contributed by atoms with E-state index in [1.165, 1.54) is 53.6 Å². The SMILES string of the molecule is c1ccc(N(c2ccccc2)c2ccc3c(c2)Oc2c(ccc4sc5ccccc5c24)C32c3ccccc3-c3ccccc32)cc1. The standard InChI is InChI=1S/C43H27NOS/c1-3-13-28(14-4-1)44(29-15-5-2-6-16-29)30-23-24-36-38(27-30)45-42-37(25-26-40-41(42)33-19-9-12-22-39(33)46-40)43(36)34-20-10-7-17-31(34)32-18-8-11-21-35(32)43/h1-27H. The zero-order chi connectivity index (χ0) is 30.2. The lowest BCUT2D eigenvalue weighted by molar-refractivity contribution is 0.442. The van der Waals surface area contributed by atoms with Gasteiger partial charge in [-0.05, 0) is 64.7 Å². The molecule has 1 aromatic heterocycles. The van der Waals surface area contributed by atoms with Crippen molar-refractivity contribution in [2.75, 3.05) is 4.90 Å². The van der Waals surface area contributed by atoms with Crippen molar-refractivity contribution in [2.45, 2.75) is 5.41 Å². The van der Waals surface area contributed by atoms with Gasteiger partial charge in [-0.2, -0.15) is 0 Å². The molecule has 1 aliphatic heterocycles. The summed E-state index contributed by atoms with van der Waals surface area (Å²) in [7, 11) is 0. The molecule has 2 heterocycles. The maximum absolute atomic E-state index is 7.22. The third-order valence-corrected chi connectivity index (χ3v) is 10.9. The molecule has 0 unspecified atom stereocenters. The van der Waals surface area contributed by atoms with E-state index < -0.39 is 5.41 Å². The summed E-state index contributed by atoms with van der Waals surface area (Å²) < 4.78 is 9.73. The number of fused-ring (bicyclic) bond motifs is 13. The Kier molecular flexibility index (Phi) is 5.40. The normalized spacial score (nSPS) is 13.6. The molecule has 0 saturated carbocycles. The Morgan fingerprint density at radius 2 is 1.04 bits per heavy atom. The van der Waals surface area contributed by atoms with Gasteiger partial charge in [-0.1, -0.05) is 115 Å². The number of benzene rings is 7. The first-order valence-electron chi connectivity index (χ1n) is 15.7. The molecule has 1 aliphatic carbocycles. The molecular weight excluding hydrogens is 579 g/mol. The molecule has 8 aromatic rings. The van der Waals surface area contributed by atoms with Crippen molar-refractivity contribution in [1.82, 2.24) is 0 Å². The van der Waals surface area contributed by atoms with Crippen LogP contribution in [0.1, 0.15) is 22.3 Å². The smallest absolute Gasteiger partial charge is 0.141 e. The molecule has 0 atom stereocenters. The molecule has 2 nitrogen and oxygen atoms in total. The van der Waals surface area contributed by atoms with Crippen LogP contribution in [-0.2, 0) is 5.41 Å². The molecular formula is C43H27NOS. The van der Waals surface area contributed by atoms with Crippen LogP contribution in [0.2, 0.25) is 0 Å². The fourth-order valence-electron chi connectivity index (χ4n) is 7.90. The minimum Gasteiger partial charge on any atom is -0.456 e. The van der Waals surface area contributed by atoms with E-state index in [9.17, 15) is 0 Å². The van der Waals surface area contributed by atoms with Crippen LogP contribution in [0.25, 0.3) is 31.3 Å². The summed E-state index contributed by atoms with van der Waals surface area (Å²) in [6.45, 7) is 0. The molecule has 10 rings (SSSR count). The van der Waals surface area contributed by atoms with E-state index in [0.717, 1.165) is 28.6 Å². The Morgan fingerprint density at radius 3 is 1.74 bits per heavy atom. The van der Waals surface area contributed by atoms with Crippen molar-refractivity contribution in [3.05, 3.63) is 186 Å². The number of para-hydroxylation sites is 2. The third-order valence-electron chi connectivity index (χ3n) is 9.72. The van der Waals surface area contributed by atoms with Gasteiger partial charge in [-0.3, -0.25) is 0 Å². The van der Waals surface area contributed by atoms with Crippen LogP contribution in [0.3, 0.4) is 0 Å². The Morgan fingerprint density at radius 1 is 0.457 bits per heavy atom. The summed E-state index contributed by atoms with van der Waals surface area (Å²) in [6.07, 6.45) is 0. The molecule has 0 saturated heterocycles. The largest absolute Gasteiger partial charge is 0.456 e. The van der Waals surface area contributed by atoms with Crippen LogP contribution >= 0.6 is 11.3 Å². The van der Waals surface area contributed by atoms with Crippen molar-refractivity contribution in [3.63, 3.8) is 0 Å². The van der Waals surface area contributed by atoms with Gasteiger partial charge >= 0.3 is 0 Å². The minimum absolute atomic E-state index is 0.518. The highest BCUT2D eigenvalue weighted by atomic mass is 32.1. The second kappa shape index (κ2) is 9.68. The number of hydrogen-bond acceptors (Lipinski definition) is 3. The van der Waals surface area contributed by atoms with Gasteiger partial charge in [0.05, 0.1) is 5.41 Å². The van der Waals surface area contributed by atoms with Gasteiger partial charge in [-0.25, -0.2) is 0 Å². The highest BCUT2D eigenvalue weighted by molar-refractivity contribution is 7.25. The molecule has 7 aromatic carbocycles. The van der Waals surface area contributed by atoms with Crippen molar-refractivity contribution >= 4 is 48.6 Å². The van der Waals surface area contributed by atoms with E-state index in [0.29, 0.717) is 0 Å². The van der Waals surface area contributed by atoms with Gasteiger partial charge < -0.3 is 9.64 Å². The number of thiophene rings is 1. The highest BCUT2D eigenvalue weighted by Gasteiger charge is 2.51. The monoisotopic (exact) mass is 605 g/mol. The van der Waals surface area contributed by atoms with Crippen LogP contribution in [0.5, 0.6) is 11.5 Å². The number of rotatable bonds is 3. The first kappa shape index (κ1) is 25.7. The zero-order valence-corrected chi connectivity index (χ0v) is 25.7. The lowest BCUT2D eigenvalue weighted by Crippen LogP contribution is -2.32. The quantitative estimate of drug-likeness (QED) is 0.199.